The summed E-state index contributed by atoms with van der Waals surface area (Å²) in [4.78, 5) is 12.3. The van der Waals surface area contributed by atoms with Crippen LogP contribution in [0.1, 0.15) is 37.8 Å². The van der Waals surface area contributed by atoms with Crippen molar-refractivity contribution in [3.05, 3.63) is 53.3 Å². The van der Waals surface area contributed by atoms with E-state index in [0.29, 0.717) is 25.2 Å². The number of fused-ring (bicyclic) bond motifs is 1. The van der Waals surface area contributed by atoms with Gasteiger partial charge >= 0.3 is 5.97 Å². The molecule has 0 saturated carbocycles. The molecule has 0 bridgehead atoms. The van der Waals surface area contributed by atoms with Crippen LogP contribution in [0, 0.1) is 11.7 Å². The average molecular weight is 478 g/mol. The van der Waals surface area contributed by atoms with Gasteiger partial charge in [0.15, 0.2) is 0 Å². The van der Waals surface area contributed by atoms with Crippen LogP contribution in [0.4, 0.5) is 4.39 Å². The highest BCUT2D eigenvalue weighted by Gasteiger charge is 2.34. The van der Waals surface area contributed by atoms with E-state index in [0.717, 1.165) is 29.4 Å². The molecule has 0 spiro atoms. The molecular weight excluding hydrogens is 449 g/mol. The zero-order valence-electron chi connectivity index (χ0n) is 18.8. The maximum Gasteiger partial charge on any atom is 0.309 e. The molecule has 7 nitrogen and oxygen atoms in total. The third kappa shape index (κ3) is 4.99. The zero-order chi connectivity index (χ0) is 23.6. The molecule has 0 radical (unpaired) electrons. The molecule has 2 heterocycles. The third-order valence-electron chi connectivity index (χ3n) is 5.99. The largest absolute Gasteiger partial charge is 0.493 e. The Bertz CT molecular complexity index is 1130. The molecule has 2 aromatic carbocycles. The van der Waals surface area contributed by atoms with Gasteiger partial charge in [-0.3, -0.25) is 4.79 Å². The third-order valence-corrected chi connectivity index (χ3v) is 7.92. The van der Waals surface area contributed by atoms with E-state index < -0.39 is 21.8 Å². The first-order valence-electron chi connectivity index (χ1n) is 11.2. The Morgan fingerprint density at radius 2 is 1.94 bits per heavy atom. The van der Waals surface area contributed by atoms with Crippen LogP contribution in [0.25, 0.3) is 0 Å². The summed E-state index contributed by atoms with van der Waals surface area (Å²) in [5.41, 5.74) is 1.81. The van der Waals surface area contributed by atoms with Gasteiger partial charge in [0, 0.05) is 30.6 Å². The Kier molecular flexibility index (Phi) is 6.90. The molecule has 0 amide bonds. The second-order valence-electron chi connectivity index (χ2n) is 8.35. The van der Waals surface area contributed by atoms with Crippen molar-refractivity contribution in [2.45, 2.75) is 50.7 Å². The molecule has 2 aliphatic rings. The minimum absolute atomic E-state index is 0.0485. The number of nitrogens with zero attached hydrogens (tertiary/aromatic N) is 1. The SMILES string of the molecule is CCOc1cc2c(cc1COC(=O)C1CCN(S(=O)(=O)c3ccccc3F)CC1)O[C@H](C)C2. The lowest BCUT2D eigenvalue weighted by atomic mass is 9.98. The Labute approximate surface area is 193 Å². The van der Waals surface area contributed by atoms with Gasteiger partial charge in [-0.1, -0.05) is 12.1 Å². The summed E-state index contributed by atoms with van der Waals surface area (Å²) < 4.78 is 57.8. The molecule has 0 N–H and O–H groups in total. The van der Waals surface area contributed by atoms with Crippen LogP contribution in [0.3, 0.4) is 0 Å². The Morgan fingerprint density at radius 3 is 2.64 bits per heavy atom. The van der Waals surface area contributed by atoms with Crippen LogP contribution in [0.15, 0.2) is 41.3 Å². The second kappa shape index (κ2) is 9.69. The molecular formula is C24H28FNO6S. The number of hydrogen-bond acceptors (Lipinski definition) is 6. The molecule has 0 aliphatic carbocycles. The monoisotopic (exact) mass is 477 g/mol. The molecule has 1 atom stereocenters. The minimum Gasteiger partial charge on any atom is -0.493 e. The minimum atomic E-state index is -3.94. The predicted octanol–water partition coefficient (Wildman–Crippen LogP) is 3.69. The average Bonchev–Trinajstić information content (AvgIpc) is 3.16. The lowest BCUT2D eigenvalue weighted by Crippen LogP contribution is -2.40. The van der Waals surface area contributed by atoms with Crippen molar-refractivity contribution in [3.63, 3.8) is 0 Å². The van der Waals surface area contributed by atoms with E-state index in [2.05, 4.69) is 0 Å². The summed E-state index contributed by atoms with van der Waals surface area (Å²) in [6.07, 6.45) is 1.54. The van der Waals surface area contributed by atoms with Crippen molar-refractivity contribution in [2.24, 2.45) is 5.92 Å². The molecule has 1 saturated heterocycles. The molecule has 0 aromatic heterocycles. The summed E-state index contributed by atoms with van der Waals surface area (Å²) in [6, 6.07) is 9.11. The number of piperidine rings is 1. The van der Waals surface area contributed by atoms with E-state index >= 15 is 0 Å². The topological polar surface area (TPSA) is 82.1 Å². The predicted molar refractivity (Wildman–Crippen MR) is 119 cm³/mol. The molecule has 9 heteroatoms. The van der Waals surface area contributed by atoms with Crippen LogP contribution >= 0.6 is 0 Å². The quantitative estimate of drug-likeness (QED) is 0.566. The number of benzene rings is 2. The van der Waals surface area contributed by atoms with Crippen molar-refractivity contribution in [2.75, 3.05) is 19.7 Å². The van der Waals surface area contributed by atoms with Gasteiger partial charge in [-0.25, -0.2) is 12.8 Å². The van der Waals surface area contributed by atoms with Crippen molar-refractivity contribution >= 4 is 16.0 Å². The van der Waals surface area contributed by atoms with Crippen LogP contribution in [0.2, 0.25) is 0 Å². The van der Waals surface area contributed by atoms with E-state index in [1.165, 1.54) is 22.5 Å². The van der Waals surface area contributed by atoms with Gasteiger partial charge < -0.3 is 14.2 Å². The molecule has 0 unspecified atom stereocenters. The highest BCUT2D eigenvalue weighted by molar-refractivity contribution is 7.89. The van der Waals surface area contributed by atoms with E-state index in [1.54, 1.807) is 0 Å². The van der Waals surface area contributed by atoms with Crippen molar-refractivity contribution < 1.29 is 31.8 Å². The lowest BCUT2D eigenvalue weighted by molar-refractivity contribution is -0.151. The van der Waals surface area contributed by atoms with Crippen molar-refractivity contribution in [1.29, 1.82) is 0 Å². The van der Waals surface area contributed by atoms with Crippen LogP contribution in [0.5, 0.6) is 11.5 Å². The van der Waals surface area contributed by atoms with E-state index in [1.807, 2.05) is 26.0 Å². The smallest absolute Gasteiger partial charge is 0.309 e. The molecule has 4 rings (SSSR count). The first kappa shape index (κ1) is 23.5. The summed E-state index contributed by atoms with van der Waals surface area (Å²) in [7, 11) is -3.94. The van der Waals surface area contributed by atoms with Crippen LogP contribution < -0.4 is 9.47 Å². The molecule has 1 fully saturated rings. The van der Waals surface area contributed by atoms with E-state index in [9.17, 15) is 17.6 Å². The standard InChI is InChI=1S/C24H28FNO6S/c1-3-30-21-13-18-12-16(2)32-22(18)14-19(21)15-31-24(27)17-8-10-26(11-9-17)33(28,29)23-7-5-4-6-20(23)25/h4-7,13-14,16-17H,3,8-12,15H2,1-2H3/t16-/m1/s1. The maximum atomic E-state index is 14.0. The van der Waals surface area contributed by atoms with Gasteiger partial charge in [0.2, 0.25) is 10.0 Å². The molecule has 33 heavy (non-hydrogen) atoms. The molecule has 178 valence electrons. The summed E-state index contributed by atoms with van der Waals surface area (Å²) in [5, 5.41) is 0. The highest BCUT2D eigenvalue weighted by atomic mass is 32.2. The molecule has 2 aliphatic heterocycles. The maximum absolute atomic E-state index is 14.0. The number of ether oxygens (including phenoxy) is 3. The Hall–Kier alpha value is -2.65. The first-order chi connectivity index (χ1) is 15.8. The van der Waals surface area contributed by atoms with Crippen LogP contribution in [-0.4, -0.2) is 44.5 Å². The number of rotatable bonds is 7. The molecule has 2 aromatic rings. The van der Waals surface area contributed by atoms with Gasteiger partial charge in [0.1, 0.15) is 34.9 Å². The van der Waals surface area contributed by atoms with Gasteiger partial charge in [0.05, 0.1) is 12.5 Å². The summed E-state index contributed by atoms with van der Waals surface area (Å²) >= 11 is 0. The van der Waals surface area contributed by atoms with E-state index in [-0.39, 0.29) is 36.7 Å². The fourth-order valence-electron chi connectivity index (χ4n) is 4.28. The van der Waals surface area contributed by atoms with E-state index in [4.69, 9.17) is 14.2 Å². The number of hydrogen-bond donors (Lipinski definition) is 0. The fourth-order valence-corrected chi connectivity index (χ4v) is 5.81. The first-order valence-corrected chi connectivity index (χ1v) is 12.6. The number of carbonyl (C=O) groups is 1. The normalized spacial score (nSPS) is 19.1. The number of halogens is 1. The van der Waals surface area contributed by atoms with Gasteiger partial charge in [0.25, 0.3) is 0 Å². The second-order valence-corrected chi connectivity index (χ2v) is 10.3. The number of esters is 1. The Balaban J connectivity index is 1.37. The number of sulfonamides is 1. The number of carbonyl (C=O) groups excluding carboxylic acids is 1. The zero-order valence-corrected chi connectivity index (χ0v) is 19.6. The van der Waals surface area contributed by atoms with Gasteiger partial charge in [-0.2, -0.15) is 4.31 Å². The summed E-state index contributed by atoms with van der Waals surface area (Å²) in [6.45, 7) is 4.69. The van der Waals surface area contributed by atoms with Crippen LogP contribution in [-0.2, 0) is 32.6 Å². The van der Waals surface area contributed by atoms with Crippen molar-refractivity contribution in [3.8, 4) is 11.5 Å². The van der Waals surface area contributed by atoms with Crippen molar-refractivity contribution in [1.82, 2.24) is 4.31 Å². The Morgan fingerprint density at radius 1 is 1.21 bits per heavy atom. The lowest BCUT2D eigenvalue weighted by Gasteiger charge is -2.30. The van der Waals surface area contributed by atoms with Gasteiger partial charge in [-0.15, -0.1) is 0 Å². The highest BCUT2D eigenvalue weighted by Crippen LogP contribution is 2.36. The van der Waals surface area contributed by atoms with Gasteiger partial charge in [-0.05, 0) is 51.0 Å². The fraction of sp³-hybridized carbons (Fsp3) is 0.458. The summed E-state index contributed by atoms with van der Waals surface area (Å²) in [5.74, 6) is -0.124.